The standard InChI is InChI=1S/C12H21N3S/c1-8(2)12-11(14-9(3)16-12)10-7-13-5-6-15(10)4/h8,10,13H,5-7H2,1-4H3. The zero-order chi connectivity index (χ0) is 11.7. The molecule has 1 aromatic heterocycles. The molecule has 2 rings (SSSR count). The second-order valence-electron chi connectivity index (χ2n) is 4.84. The zero-order valence-electron chi connectivity index (χ0n) is 10.6. The number of hydrogen-bond acceptors (Lipinski definition) is 4. The van der Waals surface area contributed by atoms with Gasteiger partial charge in [0.25, 0.3) is 0 Å². The van der Waals surface area contributed by atoms with E-state index in [1.165, 1.54) is 15.6 Å². The van der Waals surface area contributed by atoms with Crippen molar-refractivity contribution in [2.24, 2.45) is 0 Å². The zero-order valence-corrected chi connectivity index (χ0v) is 11.4. The summed E-state index contributed by atoms with van der Waals surface area (Å²) in [4.78, 5) is 8.61. The third kappa shape index (κ3) is 2.29. The van der Waals surface area contributed by atoms with Crippen molar-refractivity contribution in [3.63, 3.8) is 0 Å². The lowest BCUT2D eigenvalue weighted by molar-refractivity contribution is 0.198. The molecule has 16 heavy (non-hydrogen) atoms. The predicted octanol–water partition coefficient (Wildman–Crippen LogP) is 2.15. The van der Waals surface area contributed by atoms with Gasteiger partial charge >= 0.3 is 0 Å². The van der Waals surface area contributed by atoms with E-state index >= 15 is 0 Å². The summed E-state index contributed by atoms with van der Waals surface area (Å²) in [5.74, 6) is 0.580. The van der Waals surface area contributed by atoms with Gasteiger partial charge in [-0.25, -0.2) is 4.98 Å². The number of likely N-dealkylation sites (N-methyl/N-ethyl adjacent to an activating group) is 1. The molecule has 0 saturated carbocycles. The molecule has 90 valence electrons. The first-order valence-electron chi connectivity index (χ1n) is 5.97. The van der Waals surface area contributed by atoms with Crippen LogP contribution in [-0.2, 0) is 0 Å². The van der Waals surface area contributed by atoms with Gasteiger partial charge < -0.3 is 5.32 Å². The van der Waals surface area contributed by atoms with Crippen LogP contribution < -0.4 is 5.32 Å². The molecule has 1 N–H and O–H groups in total. The van der Waals surface area contributed by atoms with Gasteiger partial charge in [-0.15, -0.1) is 11.3 Å². The summed E-state index contributed by atoms with van der Waals surface area (Å²) >= 11 is 1.85. The lowest BCUT2D eigenvalue weighted by Crippen LogP contribution is -2.44. The van der Waals surface area contributed by atoms with Gasteiger partial charge in [-0.05, 0) is 19.9 Å². The van der Waals surface area contributed by atoms with Gasteiger partial charge in [0, 0.05) is 24.5 Å². The van der Waals surface area contributed by atoms with Crippen molar-refractivity contribution in [1.29, 1.82) is 0 Å². The summed E-state index contributed by atoms with van der Waals surface area (Å²) in [6.07, 6.45) is 0. The van der Waals surface area contributed by atoms with Crippen molar-refractivity contribution >= 4 is 11.3 Å². The minimum absolute atomic E-state index is 0.455. The fraction of sp³-hybridized carbons (Fsp3) is 0.750. The molecule has 1 aliphatic rings. The van der Waals surface area contributed by atoms with Crippen molar-refractivity contribution in [3.05, 3.63) is 15.6 Å². The minimum atomic E-state index is 0.455. The second kappa shape index (κ2) is 4.82. The van der Waals surface area contributed by atoms with Crippen LogP contribution >= 0.6 is 11.3 Å². The summed E-state index contributed by atoms with van der Waals surface area (Å²) in [6, 6.07) is 0.455. The summed E-state index contributed by atoms with van der Waals surface area (Å²) in [5.41, 5.74) is 1.30. The highest BCUT2D eigenvalue weighted by atomic mass is 32.1. The molecule has 1 aromatic rings. The Hall–Kier alpha value is -0.450. The van der Waals surface area contributed by atoms with Crippen molar-refractivity contribution in [3.8, 4) is 0 Å². The van der Waals surface area contributed by atoms with Crippen LogP contribution in [0.1, 0.15) is 41.4 Å². The van der Waals surface area contributed by atoms with Gasteiger partial charge in [-0.1, -0.05) is 13.8 Å². The molecule has 0 bridgehead atoms. The van der Waals surface area contributed by atoms with Crippen molar-refractivity contribution in [1.82, 2.24) is 15.2 Å². The summed E-state index contributed by atoms with van der Waals surface area (Å²) in [5, 5.41) is 4.65. The molecule has 1 fully saturated rings. The van der Waals surface area contributed by atoms with Gasteiger partial charge in [0.05, 0.1) is 16.7 Å². The second-order valence-corrected chi connectivity index (χ2v) is 6.07. The maximum Gasteiger partial charge on any atom is 0.0901 e. The van der Waals surface area contributed by atoms with E-state index in [4.69, 9.17) is 4.98 Å². The number of nitrogens with one attached hydrogen (secondary N) is 1. The molecule has 1 saturated heterocycles. The summed E-state index contributed by atoms with van der Waals surface area (Å²) < 4.78 is 0. The third-order valence-electron chi connectivity index (χ3n) is 3.14. The molecular formula is C12H21N3S. The van der Waals surface area contributed by atoms with E-state index in [2.05, 4.69) is 38.0 Å². The molecule has 0 spiro atoms. The van der Waals surface area contributed by atoms with E-state index in [-0.39, 0.29) is 0 Å². The summed E-state index contributed by atoms with van der Waals surface area (Å²) in [6.45, 7) is 9.85. The number of hydrogen-bond donors (Lipinski definition) is 1. The lowest BCUT2D eigenvalue weighted by Gasteiger charge is -2.32. The smallest absolute Gasteiger partial charge is 0.0901 e. The number of piperazine rings is 1. The molecule has 0 amide bonds. The fourth-order valence-corrected chi connectivity index (χ4v) is 3.21. The highest BCUT2D eigenvalue weighted by molar-refractivity contribution is 7.11. The molecule has 2 heterocycles. The van der Waals surface area contributed by atoms with E-state index in [0.717, 1.165) is 19.6 Å². The van der Waals surface area contributed by atoms with E-state index in [9.17, 15) is 0 Å². The molecule has 1 aliphatic heterocycles. The highest BCUT2D eigenvalue weighted by Crippen LogP contribution is 2.32. The Morgan fingerprint density at radius 1 is 1.50 bits per heavy atom. The Labute approximate surface area is 102 Å². The van der Waals surface area contributed by atoms with E-state index in [1.54, 1.807) is 0 Å². The molecule has 0 aromatic carbocycles. The largest absolute Gasteiger partial charge is 0.313 e. The summed E-state index contributed by atoms with van der Waals surface area (Å²) in [7, 11) is 2.20. The number of thiazole rings is 1. The monoisotopic (exact) mass is 239 g/mol. The SMILES string of the molecule is Cc1nc(C2CNCCN2C)c(C(C)C)s1. The van der Waals surface area contributed by atoms with Crippen LogP contribution in [-0.4, -0.2) is 36.6 Å². The van der Waals surface area contributed by atoms with Crippen molar-refractivity contribution in [2.75, 3.05) is 26.7 Å². The Bertz CT molecular complexity index is 359. The normalized spacial score (nSPS) is 22.9. The van der Waals surface area contributed by atoms with Crippen LogP contribution in [0.3, 0.4) is 0 Å². The fourth-order valence-electron chi connectivity index (χ4n) is 2.22. The molecule has 1 atom stereocenters. The van der Waals surface area contributed by atoms with Crippen molar-refractivity contribution < 1.29 is 0 Å². The molecule has 0 radical (unpaired) electrons. The molecule has 1 unspecified atom stereocenters. The first-order chi connectivity index (χ1) is 7.59. The van der Waals surface area contributed by atoms with Gasteiger partial charge in [0.1, 0.15) is 0 Å². The van der Waals surface area contributed by atoms with Gasteiger partial charge in [0.15, 0.2) is 0 Å². The maximum absolute atomic E-state index is 4.74. The van der Waals surface area contributed by atoms with Crippen LogP contribution in [0.5, 0.6) is 0 Å². The average Bonchev–Trinajstić information content (AvgIpc) is 2.61. The Kier molecular flexibility index (Phi) is 3.62. The van der Waals surface area contributed by atoms with Gasteiger partial charge in [0.2, 0.25) is 0 Å². The van der Waals surface area contributed by atoms with E-state index in [0.29, 0.717) is 12.0 Å². The first-order valence-corrected chi connectivity index (χ1v) is 6.79. The number of nitrogens with zero attached hydrogens (tertiary/aromatic N) is 2. The number of rotatable bonds is 2. The first kappa shape index (κ1) is 12.0. The van der Waals surface area contributed by atoms with Gasteiger partial charge in [-0.2, -0.15) is 0 Å². The quantitative estimate of drug-likeness (QED) is 0.857. The average molecular weight is 239 g/mol. The Balaban J connectivity index is 2.30. The van der Waals surface area contributed by atoms with E-state index in [1.807, 2.05) is 11.3 Å². The Morgan fingerprint density at radius 3 is 2.88 bits per heavy atom. The number of aryl methyl sites for hydroxylation is 1. The maximum atomic E-state index is 4.74. The molecule has 0 aliphatic carbocycles. The van der Waals surface area contributed by atoms with E-state index < -0.39 is 0 Å². The molecule has 4 heteroatoms. The highest BCUT2D eigenvalue weighted by Gasteiger charge is 2.26. The topological polar surface area (TPSA) is 28.2 Å². The van der Waals surface area contributed by atoms with Gasteiger partial charge in [-0.3, -0.25) is 4.90 Å². The predicted molar refractivity (Wildman–Crippen MR) is 69.2 cm³/mol. The molecule has 3 nitrogen and oxygen atoms in total. The minimum Gasteiger partial charge on any atom is -0.313 e. The van der Waals surface area contributed by atoms with Crippen LogP contribution in [0.4, 0.5) is 0 Å². The molecular weight excluding hydrogens is 218 g/mol. The van der Waals surface area contributed by atoms with Crippen molar-refractivity contribution in [2.45, 2.75) is 32.7 Å². The van der Waals surface area contributed by atoms with Crippen LogP contribution in [0.2, 0.25) is 0 Å². The third-order valence-corrected chi connectivity index (χ3v) is 4.43. The van der Waals surface area contributed by atoms with Crippen LogP contribution in [0.15, 0.2) is 0 Å². The lowest BCUT2D eigenvalue weighted by atomic mass is 10.0. The Morgan fingerprint density at radius 2 is 2.25 bits per heavy atom. The van der Waals surface area contributed by atoms with Crippen LogP contribution in [0.25, 0.3) is 0 Å². The number of aromatic nitrogens is 1. The van der Waals surface area contributed by atoms with Crippen LogP contribution in [0, 0.1) is 6.92 Å².